The number of carbonyl (C=O) groups excluding carboxylic acids is 2. The van der Waals surface area contributed by atoms with Gasteiger partial charge in [0.1, 0.15) is 6.04 Å². The second-order valence-electron chi connectivity index (χ2n) is 5.56. The molecule has 1 saturated heterocycles. The van der Waals surface area contributed by atoms with Gasteiger partial charge in [-0.15, -0.1) is 0 Å². The maximum absolute atomic E-state index is 12.5. The first-order valence-electron chi connectivity index (χ1n) is 6.76. The number of nitrogens with one attached hydrogen (secondary N) is 2. The molecule has 0 saturated carbocycles. The third-order valence-corrected chi connectivity index (χ3v) is 4.04. The molecule has 0 aliphatic carbocycles. The summed E-state index contributed by atoms with van der Waals surface area (Å²) in [4.78, 5) is 24.2. The number of hydrogen-bond acceptors (Lipinski definition) is 2. The second kappa shape index (κ2) is 5.83. The summed E-state index contributed by atoms with van der Waals surface area (Å²) < 4.78 is 0. The monoisotopic (exact) mass is 294 g/mol. The molecule has 4 nitrogen and oxygen atoms in total. The van der Waals surface area contributed by atoms with Gasteiger partial charge in [-0.2, -0.15) is 0 Å². The fraction of sp³-hybridized carbons (Fsp3) is 0.467. The van der Waals surface area contributed by atoms with E-state index in [4.69, 9.17) is 11.6 Å². The zero-order valence-corrected chi connectivity index (χ0v) is 12.5. The lowest BCUT2D eigenvalue weighted by Gasteiger charge is -2.29. The minimum absolute atomic E-state index is 0.112. The molecule has 5 heteroatoms. The van der Waals surface area contributed by atoms with Gasteiger partial charge in [-0.05, 0) is 38.3 Å². The van der Waals surface area contributed by atoms with Gasteiger partial charge >= 0.3 is 0 Å². The Balaban J connectivity index is 2.15. The lowest BCUT2D eigenvalue weighted by atomic mass is 9.83. The molecule has 1 aliphatic heterocycles. The third-order valence-electron chi connectivity index (χ3n) is 3.71. The maximum atomic E-state index is 12.5. The van der Waals surface area contributed by atoms with Crippen LogP contribution in [0.2, 0.25) is 5.02 Å². The van der Waals surface area contributed by atoms with Crippen LogP contribution < -0.4 is 10.6 Å². The standard InChI is InChI=1S/C15H19ClN2O2/c1-15(2,10-6-3-4-7-11(10)16)14(20)18-12-8-5-9-17-13(12)19/h3-4,6-7,12H,5,8-9H2,1-2H3,(H,17,19)(H,18,20). The van der Waals surface area contributed by atoms with Gasteiger partial charge in [0, 0.05) is 11.6 Å². The molecule has 0 spiro atoms. The van der Waals surface area contributed by atoms with Gasteiger partial charge in [0.15, 0.2) is 0 Å². The fourth-order valence-corrected chi connectivity index (χ4v) is 2.71. The van der Waals surface area contributed by atoms with E-state index in [9.17, 15) is 9.59 Å². The highest BCUT2D eigenvalue weighted by Gasteiger charge is 2.34. The summed E-state index contributed by atoms with van der Waals surface area (Å²) in [7, 11) is 0. The predicted octanol–water partition coefficient (Wildman–Crippen LogP) is 2.01. The van der Waals surface area contributed by atoms with Crippen molar-refractivity contribution in [1.29, 1.82) is 0 Å². The number of hydrogen-bond donors (Lipinski definition) is 2. The van der Waals surface area contributed by atoms with Gasteiger partial charge in [0.25, 0.3) is 0 Å². The average Bonchev–Trinajstić information content (AvgIpc) is 2.41. The number of benzene rings is 1. The van der Waals surface area contributed by atoms with Crippen molar-refractivity contribution in [2.24, 2.45) is 0 Å². The molecule has 108 valence electrons. The number of amides is 2. The van der Waals surface area contributed by atoms with E-state index in [0.29, 0.717) is 18.0 Å². The van der Waals surface area contributed by atoms with E-state index in [-0.39, 0.29) is 11.8 Å². The molecule has 0 aromatic heterocycles. The SMILES string of the molecule is CC(C)(C(=O)NC1CCCNC1=O)c1ccccc1Cl. The van der Waals surface area contributed by atoms with Crippen LogP contribution in [0.5, 0.6) is 0 Å². The van der Waals surface area contributed by atoms with Crippen molar-refractivity contribution < 1.29 is 9.59 Å². The highest BCUT2D eigenvalue weighted by Crippen LogP contribution is 2.30. The van der Waals surface area contributed by atoms with E-state index < -0.39 is 11.5 Å². The lowest BCUT2D eigenvalue weighted by Crippen LogP contribution is -2.53. The number of carbonyl (C=O) groups is 2. The summed E-state index contributed by atoms with van der Waals surface area (Å²) in [5.41, 5.74) is -0.0221. The van der Waals surface area contributed by atoms with Gasteiger partial charge in [0.05, 0.1) is 5.41 Å². The van der Waals surface area contributed by atoms with Crippen molar-refractivity contribution in [1.82, 2.24) is 10.6 Å². The Bertz CT molecular complexity index is 528. The summed E-state index contributed by atoms with van der Waals surface area (Å²) in [5, 5.41) is 6.14. The molecule has 1 aliphatic rings. The van der Waals surface area contributed by atoms with Gasteiger partial charge in [-0.1, -0.05) is 29.8 Å². The molecule has 2 rings (SSSR count). The minimum atomic E-state index is -0.782. The van der Waals surface area contributed by atoms with Crippen molar-refractivity contribution in [3.8, 4) is 0 Å². The predicted molar refractivity (Wildman–Crippen MR) is 78.7 cm³/mol. The summed E-state index contributed by atoms with van der Waals surface area (Å²) in [6, 6.07) is 6.83. The van der Waals surface area contributed by atoms with Crippen molar-refractivity contribution in [2.45, 2.75) is 38.1 Å². The zero-order valence-electron chi connectivity index (χ0n) is 11.7. The number of rotatable bonds is 3. The van der Waals surface area contributed by atoms with Crippen LogP contribution >= 0.6 is 11.6 Å². The Morgan fingerprint density at radius 1 is 1.40 bits per heavy atom. The first kappa shape index (κ1) is 14.9. The first-order valence-corrected chi connectivity index (χ1v) is 7.14. The first-order chi connectivity index (χ1) is 9.43. The van der Waals surface area contributed by atoms with Crippen molar-refractivity contribution >= 4 is 23.4 Å². The Morgan fingerprint density at radius 2 is 2.10 bits per heavy atom. The zero-order chi connectivity index (χ0) is 14.8. The topological polar surface area (TPSA) is 58.2 Å². The molecular weight excluding hydrogens is 276 g/mol. The summed E-state index contributed by atoms with van der Waals surface area (Å²) in [6.07, 6.45) is 1.55. The Morgan fingerprint density at radius 3 is 2.75 bits per heavy atom. The van der Waals surface area contributed by atoms with Crippen LogP contribution in [0, 0.1) is 0 Å². The van der Waals surface area contributed by atoms with E-state index in [2.05, 4.69) is 10.6 Å². The van der Waals surface area contributed by atoms with E-state index >= 15 is 0 Å². The molecule has 1 atom stereocenters. The van der Waals surface area contributed by atoms with Gasteiger partial charge in [-0.3, -0.25) is 9.59 Å². The Kier molecular flexibility index (Phi) is 4.33. The van der Waals surface area contributed by atoms with E-state index in [1.165, 1.54) is 0 Å². The van der Waals surface area contributed by atoms with Crippen LogP contribution in [0.15, 0.2) is 24.3 Å². The summed E-state index contributed by atoms with van der Waals surface area (Å²) >= 11 is 6.16. The van der Waals surface area contributed by atoms with Crippen LogP contribution in [0.3, 0.4) is 0 Å². The van der Waals surface area contributed by atoms with Crippen molar-refractivity contribution in [3.63, 3.8) is 0 Å². The van der Waals surface area contributed by atoms with Crippen LogP contribution in [0.25, 0.3) is 0 Å². The minimum Gasteiger partial charge on any atom is -0.354 e. The quantitative estimate of drug-likeness (QED) is 0.896. The molecule has 1 aromatic rings. The summed E-state index contributed by atoms with van der Waals surface area (Å²) in [6.45, 7) is 4.30. The molecule has 2 amide bonds. The fourth-order valence-electron chi connectivity index (χ4n) is 2.34. The highest BCUT2D eigenvalue weighted by molar-refractivity contribution is 6.31. The largest absolute Gasteiger partial charge is 0.354 e. The Hall–Kier alpha value is -1.55. The van der Waals surface area contributed by atoms with Crippen LogP contribution in [0.4, 0.5) is 0 Å². The second-order valence-corrected chi connectivity index (χ2v) is 5.97. The molecular formula is C15H19ClN2O2. The van der Waals surface area contributed by atoms with E-state index in [1.807, 2.05) is 32.0 Å². The average molecular weight is 295 g/mol. The lowest BCUT2D eigenvalue weighted by molar-refractivity contribution is -0.132. The molecule has 1 heterocycles. The number of halogens is 1. The molecule has 1 fully saturated rings. The van der Waals surface area contributed by atoms with Crippen molar-refractivity contribution in [2.75, 3.05) is 6.54 Å². The highest BCUT2D eigenvalue weighted by atomic mass is 35.5. The third kappa shape index (κ3) is 2.96. The molecule has 1 unspecified atom stereocenters. The molecule has 1 aromatic carbocycles. The van der Waals surface area contributed by atoms with Crippen LogP contribution in [0.1, 0.15) is 32.3 Å². The van der Waals surface area contributed by atoms with Gasteiger partial charge in [-0.25, -0.2) is 0 Å². The number of piperidine rings is 1. The van der Waals surface area contributed by atoms with Gasteiger partial charge < -0.3 is 10.6 Å². The maximum Gasteiger partial charge on any atom is 0.242 e. The molecule has 0 bridgehead atoms. The smallest absolute Gasteiger partial charge is 0.242 e. The van der Waals surface area contributed by atoms with Gasteiger partial charge in [0.2, 0.25) is 11.8 Å². The van der Waals surface area contributed by atoms with E-state index in [1.54, 1.807) is 6.07 Å². The Labute approximate surface area is 123 Å². The normalized spacial score (nSPS) is 19.4. The molecule has 20 heavy (non-hydrogen) atoms. The molecule has 2 N–H and O–H groups in total. The summed E-state index contributed by atoms with van der Waals surface area (Å²) in [5.74, 6) is -0.299. The molecule has 0 radical (unpaired) electrons. The van der Waals surface area contributed by atoms with E-state index in [0.717, 1.165) is 12.0 Å². The van der Waals surface area contributed by atoms with Crippen LogP contribution in [-0.4, -0.2) is 24.4 Å². The van der Waals surface area contributed by atoms with Crippen LogP contribution in [-0.2, 0) is 15.0 Å². The van der Waals surface area contributed by atoms with Crippen molar-refractivity contribution in [3.05, 3.63) is 34.9 Å².